The number of aliphatic hydroxyl groups excluding tert-OH is 1. The van der Waals surface area contributed by atoms with E-state index >= 15 is 0 Å². The third-order valence-corrected chi connectivity index (χ3v) is 5.33. The summed E-state index contributed by atoms with van der Waals surface area (Å²) in [6.07, 6.45) is 5.71. The number of hydrogen-bond donors (Lipinski definition) is 1. The fourth-order valence-electron chi connectivity index (χ4n) is 3.85. The van der Waals surface area contributed by atoms with E-state index < -0.39 is 0 Å². The van der Waals surface area contributed by atoms with Crippen LogP contribution in [0.4, 0.5) is 0 Å². The predicted molar refractivity (Wildman–Crippen MR) is 89.2 cm³/mol. The summed E-state index contributed by atoms with van der Waals surface area (Å²) in [6, 6.07) is 0. The van der Waals surface area contributed by atoms with Crippen LogP contribution in [0.3, 0.4) is 0 Å². The number of hydrogen-bond acceptors (Lipinski definition) is 5. The van der Waals surface area contributed by atoms with Gasteiger partial charge in [-0.25, -0.2) is 0 Å². The highest BCUT2D eigenvalue weighted by Crippen LogP contribution is 2.45. The maximum Gasteiger partial charge on any atom is 0.168 e. The second-order valence-electron chi connectivity index (χ2n) is 8.08. The molecule has 1 atom stereocenters. The summed E-state index contributed by atoms with van der Waals surface area (Å²) in [7, 11) is 0. The molecule has 0 bridgehead atoms. The molecule has 1 aliphatic heterocycles. The van der Waals surface area contributed by atoms with Gasteiger partial charge in [-0.05, 0) is 24.2 Å². The van der Waals surface area contributed by atoms with Crippen molar-refractivity contribution in [1.29, 1.82) is 0 Å². The SMILES string of the molecule is CC(C)(C)C1CCC2(CC1)OCC(CN(CCO)CCC=O)O2. The van der Waals surface area contributed by atoms with Gasteiger partial charge in [-0.2, -0.15) is 0 Å². The molecule has 5 heteroatoms. The van der Waals surface area contributed by atoms with Crippen molar-refractivity contribution in [3.63, 3.8) is 0 Å². The van der Waals surface area contributed by atoms with Crippen LogP contribution in [-0.4, -0.2) is 61.0 Å². The van der Waals surface area contributed by atoms with Crippen molar-refractivity contribution in [3.05, 3.63) is 0 Å². The Bertz CT molecular complexity index is 372. The molecule has 134 valence electrons. The lowest BCUT2D eigenvalue weighted by atomic mass is 9.71. The molecule has 2 fully saturated rings. The van der Waals surface area contributed by atoms with Crippen molar-refractivity contribution in [1.82, 2.24) is 4.90 Å². The maximum atomic E-state index is 10.6. The highest BCUT2D eigenvalue weighted by molar-refractivity contribution is 5.49. The van der Waals surface area contributed by atoms with Crippen LogP contribution in [0.15, 0.2) is 0 Å². The summed E-state index contributed by atoms with van der Waals surface area (Å²) in [5.74, 6) is 0.347. The first-order valence-electron chi connectivity index (χ1n) is 8.97. The number of rotatable bonds is 7. The minimum Gasteiger partial charge on any atom is -0.395 e. The van der Waals surface area contributed by atoms with Gasteiger partial charge in [0.2, 0.25) is 0 Å². The van der Waals surface area contributed by atoms with Crippen LogP contribution in [-0.2, 0) is 14.3 Å². The first kappa shape index (κ1) is 18.8. The summed E-state index contributed by atoms with van der Waals surface area (Å²) in [5.41, 5.74) is 0.354. The van der Waals surface area contributed by atoms with E-state index in [4.69, 9.17) is 14.6 Å². The minimum atomic E-state index is -0.387. The Morgan fingerprint density at radius 2 is 1.96 bits per heavy atom. The predicted octanol–water partition coefficient (Wildman–Crippen LogP) is 2.22. The smallest absolute Gasteiger partial charge is 0.168 e. The van der Waals surface area contributed by atoms with Crippen molar-refractivity contribution >= 4 is 6.29 Å². The molecule has 0 amide bonds. The van der Waals surface area contributed by atoms with Crippen molar-refractivity contribution in [2.75, 3.05) is 32.8 Å². The van der Waals surface area contributed by atoms with Gasteiger partial charge in [-0.1, -0.05) is 20.8 Å². The lowest BCUT2D eigenvalue weighted by Gasteiger charge is -2.41. The quantitative estimate of drug-likeness (QED) is 0.727. The Kier molecular flexibility index (Phi) is 6.60. The number of nitrogens with zero attached hydrogens (tertiary/aromatic N) is 1. The fourth-order valence-corrected chi connectivity index (χ4v) is 3.85. The van der Waals surface area contributed by atoms with Gasteiger partial charge in [0.05, 0.1) is 19.3 Å². The molecular formula is C18H33NO4. The molecule has 1 saturated heterocycles. The van der Waals surface area contributed by atoms with E-state index in [1.54, 1.807) is 0 Å². The van der Waals surface area contributed by atoms with Gasteiger partial charge >= 0.3 is 0 Å². The van der Waals surface area contributed by atoms with Crippen molar-refractivity contribution in [2.24, 2.45) is 11.3 Å². The van der Waals surface area contributed by atoms with Crippen LogP contribution in [0.5, 0.6) is 0 Å². The molecule has 23 heavy (non-hydrogen) atoms. The molecule has 0 aromatic carbocycles. The van der Waals surface area contributed by atoms with E-state index in [0.29, 0.717) is 31.5 Å². The zero-order chi connectivity index (χ0) is 16.9. The fraction of sp³-hybridized carbons (Fsp3) is 0.944. The molecule has 1 spiro atoms. The van der Waals surface area contributed by atoms with Gasteiger partial charge in [0.25, 0.3) is 0 Å². The average Bonchev–Trinajstić information content (AvgIpc) is 2.87. The molecule has 5 nitrogen and oxygen atoms in total. The Morgan fingerprint density at radius 3 is 2.52 bits per heavy atom. The number of aliphatic hydroxyl groups is 1. The van der Waals surface area contributed by atoms with Gasteiger partial charge in [0.15, 0.2) is 5.79 Å². The summed E-state index contributed by atoms with van der Waals surface area (Å²) >= 11 is 0. The minimum absolute atomic E-state index is 0.0411. The molecule has 0 radical (unpaired) electrons. The van der Waals surface area contributed by atoms with Crippen LogP contribution in [0.2, 0.25) is 0 Å². The standard InChI is InChI=1S/C18H33NO4/c1-17(2,3)15-5-7-18(8-6-15)22-14-16(23-18)13-19(10-12-21)9-4-11-20/h11,15-16,21H,4-10,12-14H2,1-3H3. The highest BCUT2D eigenvalue weighted by atomic mass is 16.7. The van der Waals surface area contributed by atoms with Crippen LogP contribution >= 0.6 is 0 Å². The zero-order valence-corrected chi connectivity index (χ0v) is 14.9. The highest BCUT2D eigenvalue weighted by Gasteiger charge is 2.46. The van der Waals surface area contributed by atoms with Gasteiger partial charge in [-0.3, -0.25) is 4.90 Å². The lowest BCUT2D eigenvalue weighted by Crippen LogP contribution is -2.41. The van der Waals surface area contributed by atoms with E-state index in [1.165, 1.54) is 0 Å². The zero-order valence-electron chi connectivity index (χ0n) is 14.9. The van der Waals surface area contributed by atoms with Crippen molar-refractivity contribution in [3.8, 4) is 0 Å². The molecule has 0 aromatic heterocycles. The third kappa shape index (κ3) is 5.24. The Balaban J connectivity index is 1.82. The van der Waals surface area contributed by atoms with Crippen LogP contribution in [0, 0.1) is 11.3 Å². The van der Waals surface area contributed by atoms with Gasteiger partial charge in [-0.15, -0.1) is 0 Å². The summed E-state index contributed by atoms with van der Waals surface area (Å²) in [5, 5.41) is 9.16. The second-order valence-corrected chi connectivity index (χ2v) is 8.08. The molecule has 1 unspecified atom stereocenters. The Hall–Kier alpha value is -0.490. The number of ether oxygens (including phenoxy) is 2. The normalized spacial score (nSPS) is 31.9. The summed E-state index contributed by atoms with van der Waals surface area (Å²) < 4.78 is 12.3. The van der Waals surface area contributed by atoms with E-state index in [-0.39, 0.29) is 18.5 Å². The molecule has 0 aromatic rings. The van der Waals surface area contributed by atoms with Crippen LogP contribution in [0.25, 0.3) is 0 Å². The first-order chi connectivity index (χ1) is 10.9. The molecular weight excluding hydrogens is 294 g/mol. The van der Waals surface area contributed by atoms with E-state index in [2.05, 4.69) is 25.7 Å². The van der Waals surface area contributed by atoms with Gasteiger partial charge in [0, 0.05) is 38.9 Å². The van der Waals surface area contributed by atoms with E-state index in [9.17, 15) is 4.79 Å². The van der Waals surface area contributed by atoms with Gasteiger partial charge < -0.3 is 19.4 Å². The lowest BCUT2D eigenvalue weighted by molar-refractivity contribution is -0.197. The Morgan fingerprint density at radius 1 is 1.26 bits per heavy atom. The summed E-state index contributed by atoms with van der Waals surface area (Å²) in [6.45, 7) is 9.63. The molecule has 2 rings (SSSR count). The largest absolute Gasteiger partial charge is 0.395 e. The van der Waals surface area contributed by atoms with E-state index in [0.717, 1.165) is 44.4 Å². The second kappa shape index (κ2) is 8.06. The van der Waals surface area contributed by atoms with Crippen LogP contribution in [0.1, 0.15) is 52.9 Å². The Labute approximate surface area is 140 Å². The average molecular weight is 327 g/mol. The monoisotopic (exact) mass is 327 g/mol. The topological polar surface area (TPSA) is 59.0 Å². The molecule has 1 saturated carbocycles. The van der Waals surface area contributed by atoms with Crippen molar-refractivity contribution in [2.45, 2.75) is 64.8 Å². The number of carbonyl (C=O) groups excluding carboxylic acids is 1. The summed E-state index contributed by atoms with van der Waals surface area (Å²) in [4.78, 5) is 12.6. The van der Waals surface area contributed by atoms with Gasteiger partial charge in [0.1, 0.15) is 6.29 Å². The molecule has 1 aliphatic carbocycles. The molecule has 2 aliphatic rings. The molecule has 1 N–H and O–H groups in total. The third-order valence-electron chi connectivity index (χ3n) is 5.33. The first-order valence-corrected chi connectivity index (χ1v) is 8.97. The van der Waals surface area contributed by atoms with Crippen molar-refractivity contribution < 1.29 is 19.4 Å². The van der Waals surface area contributed by atoms with Crippen LogP contribution < -0.4 is 0 Å². The maximum absolute atomic E-state index is 10.6. The number of aldehydes is 1. The van der Waals surface area contributed by atoms with E-state index in [1.807, 2.05) is 0 Å². The molecule has 1 heterocycles. The number of carbonyl (C=O) groups is 1.